The van der Waals surface area contributed by atoms with E-state index in [1.807, 2.05) is 14.1 Å². The Balaban J connectivity index is 2.54. The Morgan fingerprint density at radius 1 is 1.53 bits per heavy atom. The molecule has 15 heavy (non-hydrogen) atoms. The average molecular weight is 214 g/mol. The summed E-state index contributed by atoms with van der Waals surface area (Å²) in [6, 6.07) is 0. The highest BCUT2D eigenvalue weighted by molar-refractivity contribution is 5.70. The van der Waals surface area contributed by atoms with Crippen molar-refractivity contribution < 1.29 is 9.90 Å². The molecule has 1 N–H and O–H groups in total. The van der Waals surface area contributed by atoms with Gasteiger partial charge in [-0.3, -0.25) is 9.69 Å². The molecule has 0 radical (unpaired) electrons. The van der Waals surface area contributed by atoms with Gasteiger partial charge in [0.2, 0.25) is 0 Å². The zero-order chi connectivity index (χ0) is 11.6. The summed E-state index contributed by atoms with van der Waals surface area (Å²) in [6.45, 7) is 6.88. The highest BCUT2D eigenvalue weighted by Crippen LogP contribution is 2.32. The third-order valence-electron chi connectivity index (χ3n) is 3.21. The van der Waals surface area contributed by atoms with Gasteiger partial charge in [0.15, 0.2) is 0 Å². The van der Waals surface area contributed by atoms with Gasteiger partial charge < -0.3 is 10.0 Å². The topological polar surface area (TPSA) is 43.8 Å². The van der Waals surface area contributed by atoms with Crippen molar-refractivity contribution in [3.05, 3.63) is 0 Å². The fourth-order valence-corrected chi connectivity index (χ4v) is 2.19. The number of hydrogen-bond donors (Lipinski definition) is 1. The Hall–Kier alpha value is -0.610. The van der Waals surface area contributed by atoms with Crippen LogP contribution >= 0.6 is 0 Å². The maximum atomic E-state index is 10.9. The third-order valence-corrected chi connectivity index (χ3v) is 3.21. The molecule has 0 amide bonds. The number of carboxylic acids is 1. The second kappa shape index (κ2) is 4.49. The Morgan fingerprint density at radius 3 is 2.53 bits per heavy atom. The molecular formula is C11H22N2O2. The first-order valence-corrected chi connectivity index (χ1v) is 5.45. The predicted octanol–water partition coefficient (Wildman–Crippen LogP) is 0.733. The molecule has 1 heterocycles. The van der Waals surface area contributed by atoms with Gasteiger partial charge in [0, 0.05) is 25.2 Å². The number of hydrogen-bond acceptors (Lipinski definition) is 3. The number of likely N-dealkylation sites (tertiary alicyclic amines) is 1. The zero-order valence-corrected chi connectivity index (χ0v) is 10.2. The largest absolute Gasteiger partial charge is 0.481 e. The fraction of sp³-hybridized carbons (Fsp3) is 0.909. The maximum Gasteiger partial charge on any atom is 0.307 e. The van der Waals surface area contributed by atoms with Gasteiger partial charge in [-0.05, 0) is 34.4 Å². The van der Waals surface area contributed by atoms with Gasteiger partial charge in [-0.15, -0.1) is 0 Å². The van der Waals surface area contributed by atoms with E-state index >= 15 is 0 Å². The van der Waals surface area contributed by atoms with Crippen LogP contribution in [0, 0.1) is 5.92 Å². The number of carboxylic acid groups (broad SMARTS) is 1. The fourth-order valence-electron chi connectivity index (χ4n) is 2.19. The van der Waals surface area contributed by atoms with Crippen LogP contribution in [0.2, 0.25) is 0 Å². The van der Waals surface area contributed by atoms with Gasteiger partial charge in [-0.2, -0.15) is 0 Å². The van der Waals surface area contributed by atoms with Crippen LogP contribution in [0.25, 0.3) is 0 Å². The average Bonchev–Trinajstić information content (AvgIpc) is 2.37. The standard InChI is InChI=1S/C11H22N2O2/c1-11(2)7-9(10(14)15)8-13(11)6-5-12(3)4/h9H,5-8H2,1-4H3,(H,14,15). The molecule has 1 aliphatic heterocycles. The summed E-state index contributed by atoms with van der Waals surface area (Å²) >= 11 is 0. The molecule has 1 aliphatic rings. The lowest BCUT2D eigenvalue weighted by molar-refractivity contribution is -0.141. The molecule has 1 fully saturated rings. The van der Waals surface area contributed by atoms with Gasteiger partial charge in [-0.25, -0.2) is 0 Å². The van der Waals surface area contributed by atoms with E-state index in [2.05, 4.69) is 23.6 Å². The summed E-state index contributed by atoms with van der Waals surface area (Å²) in [6.07, 6.45) is 0.760. The second-order valence-corrected chi connectivity index (χ2v) is 5.30. The first kappa shape index (κ1) is 12.5. The Labute approximate surface area is 91.9 Å². The highest BCUT2D eigenvalue weighted by atomic mass is 16.4. The van der Waals surface area contributed by atoms with E-state index in [-0.39, 0.29) is 11.5 Å². The van der Waals surface area contributed by atoms with E-state index in [0.717, 1.165) is 19.5 Å². The molecule has 1 atom stereocenters. The van der Waals surface area contributed by atoms with Crippen molar-refractivity contribution in [2.24, 2.45) is 5.92 Å². The van der Waals surface area contributed by atoms with Crippen LogP contribution in [0.3, 0.4) is 0 Å². The summed E-state index contributed by atoms with van der Waals surface area (Å²) in [7, 11) is 4.08. The molecule has 1 saturated heterocycles. The monoisotopic (exact) mass is 214 g/mol. The molecule has 88 valence electrons. The van der Waals surface area contributed by atoms with Gasteiger partial charge in [-0.1, -0.05) is 0 Å². The van der Waals surface area contributed by atoms with Crippen LogP contribution in [-0.4, -0.2) is 60.1 Å². The van der Waals surface area contributed by atoms with Crippen molar-refractivity contribution in [3.8, 4) is 0 Å². The summed E-state index contributed by atoms with van der Waals surface area (Å²) in [5.74, 6) is -0.849. The lowest BCUT2D eigenvalue weighted by Crippen LogP contribution is -2.41. The number of carbonyl (C=O) groups is 1. The lowest BCUT2D eigenvalue weighted by Gasteiger charge is -2.32. The quantitative estimate of drug-likeness (QED) is 0.749. The molecule has 0 spiro atoms. The molecular weight excluding hydrogens is 192 g/mol. The molecule has 1 unspecified atom stereocenters. The minimum atomic E-state index is -0.657. The molecule has 1 rings (SSSR count). The van der Waals surface area contributed by atoms with Gasteiger partial charge in [0.1, 0.15) is 0 Å². The lowest BCUT2D eigenvalue weighted by atomic mass is 9.96. The van der Waals surface area contributed by atoms with E-state index in [0.29, 0.717) is 6.54 Å². The number of likely N-dealkylation sites (N-methyl/N-ethyl adjacent to an activating group) is 1. The predicted molar refractivity (Wildman–Crippen MR) is 59.9 cm³/mol. The zero-order valence-electron chi connectivity index (χ0n) is 10.2. The molecule has 4 heteroatoms. The first-order valence-electron chi connectivity index (χ1n) is 5.45. The summed E-state index contributed by atoms with van der Waals surface area (Å²) in [4.78, 5) is 15.3. The summed E-state index contributed by atoms with van der Waals surface area (Å²) in [5.41, 5.74) is 0.0269. The minimum Gasteiger partial charge on any atom is -0.481 e. The number of rotatable bonds is 4. The van der Waals surface area contributed by atoms with Crippen molar-refractivity contribution in [1.29, 1.82) is 0 Å². The SMILES string of the molecule is CN(C)CCN1CC(C(=O)O)CC1(C)C. The maximum absolute atomic E-state index is 10.9. The van der Waals surface area contributed by atoms with Crippen molar-refractivity contribution in [3.63, 3.8) is 0 Å². The van der Waals surface area contributed by atoms with E-state index in [1.54, 1.807) is 0 Å². The van der Waals surface area contributed by atoms with Crippen molar-refractivity contribution in [1.82, 2.24) is 9.80 Å². The first-order chi connectivity index (χ1) is 6.83. The minimum absolute atomic E-state index is 0.0269. The van der Waals surface area contributed by atoms with Crippen molar-refractivity contribution in [2.45, 2.75) is 25.8 Å². The molecule has 0 aromatic rings. The van der Waals surface area contributed by atoms with Gasteiger partial charge >= 0.3 is 5.97 Å². The molecule has 0 bridgehead atoms. The van der Waals surface area contributed by atoms with Crippen LogP contribution in [-0.2, 0) is 4.79 Å². The van der Waals surface area contributed by atoms with Crippen LogP contribution in [0.4, 0.5) is 0 Å². The second-order valence-electron chi connectivity index (χ2n) is 5.30. The Morgan fingerprint density at radius 2 is 2.13 bits per heavy atom. The molecule has 4 nitrogen and oxygen atoms in total. The Bertz CT molecular complexity index is 239. The van der Waals surface area contributed by atoms with Gasteiger partial charge in [0.05, 0.1) is 5.92 Å². The molecule has 0 aliphatic carbocycles. The van der Waals surface area contributed by atoms with Crippen LogP contribution < -0.4 is 0 Å². The number of nitrogens with zero attached hydrogens (tertiary/aromatic N) is 2. The Kier molecular flexibility index (Phi) is 3.73. The van der Waals surface area contributed by atoms with Crippen LogP contribution in [0.15, 0.2) is 0 Å². The normalized spacial score (nSPS) is 26.1. The van der Waals surface area contributed by atoms with E-state index < -0.39 is 5.97 Å². The number of aliphatic carboxylic acids is 1. The third kappa shape index (κ3) is 3.18. The summed E-state index contributed by atoms with van der Waals surface area (Å²) in [5, 5.41) is 9.00. The smallest absolute Gasteiger partial charge is 0.307 e. The van der Waals surface area contributed by atoms with Crippen molar-refractivity contribution in [2.75, 3.05) is 33.7 Å². The highest BCUT2D eigenvalue weighted by Gasteiger charge is 2.40. The van der Waals surface area contributed by atoms with E-state index in [9.17, 15) is 4.79 Å². The molecule has 0 saturated carbocycles. The van der Waals surface area contributed by atoms with Gasteiger partial charge in [0.25, 0.3) is 0 Å². The summed E-state index contributed by atoms with van der Waals surface area (Å²) < 4.78 is 0. The van der Waals surface area contributed by atoms with Crippen LogP contribution in [0.5, 0.6) is 0 Å². The molecule has 0 aromatic heterocycles. The molecule has 0 aromatic carbocycles. The van der Waals surface area contributed by atoms with E-state index in [4.69, 9.17) is 5.11 Å². The van der Waals surface area contributed by atoms with Crippen LogP contribution in [0.1, 0.15) is 20.3 Å². The van der Waals surface area contributed by atoms with E-state index in [1.165, 1.54) is 0 Å². The van der Waals surface area contributed by atoms with Crippen molar-refractivity contribution >= 4 is 5.97 Å².